The van der Waals surface area contributed by atoms with E-state index in [1.54, 1.807) is 12.3 Å². The van der Waals surface area contributed by atoms with E-state index in [4.69, 9.17) is 4.42 Å². The Morgan fingerprint density at radius 1 is 1.06 bits per heavy atom. The van der Waals surface area contributed by atoms with E-state index < -0.39 is 0 Å². The van der Waals surface area contributed by atoms with Gasteiger partial charge in [-0.15, -0.1) is 0 Å². The van der Waals surface area contributed by atoms with Gasteiger partial charge in [0.15, 0.2) is 0 Å². The highest BCUT2D eigenvalue weighted by Gasteiger charge is 2.29. The number of hydrogen-bond acceptors (Lipinski definition) is 4. The van der Waals surface area contributed by atoms with Crippen molar-refractivity contribution >= 4 is 11.6 Å². The van der Waals surface area contributed by atoms with Crippen molar-refractivity contribution in [1.29, 1.82) is 0 Å². The SMILES string of the molecule is CC1Cc2ccccc2N1Cc1occc1C(=O)NC1CCN(Cc2ccccc2)C1. The van der Waals surface area contributed by atoms with E-state index in [2.05, 4.69) is 70.6 Å². The third-order valence-electron chi connectivity index (χ3n) is 6.51. The first-order chi connectivity index (χ1) is 15.2. The second kappa shape index (κ2) is 8.60. The lowest BCUT2D eigenvalue weighted by Crippen LogP contribution is -2.37. The fourth-order valence-corrected chi connectivity index (χ4v) is 4.89. The monoisotopic (exact) mass is 415 g/mol. The summed E-state index contributed by atoms with van der Waals surface area (Å²) >= 11 is 0. The lowest BCUT2D eigenvalue weighted by molar-refractivity contribution is 0.0935. The molecule has 1 aromatic heterocycles. The van der Waals surface area contributed by atoms with E-state index in [0.29, 0.717) is 18.2 Å². The summed E-state index contributed by atoms with van der Waals surface area (Å²) in [7, 11) is 0. The van der Waals surface area contributed by atoms with Crippen LogP contribution in [0.2, 0.25) is 0 Å². The fourth-order valence-electron chi connectivity index (χ4n) is 4.89. The number of fused-ring (bicyclic) bond motifs is 1. The number of hydrogen-bond donors (Lipinski definition) is 1. The van der Waals surface area contributed by atoms with Crippen LogP contribution in [0.25, 0.3) is 0 Å². The summed E-state index contributed by atoms with van der Waals surface area (Å²) in [6.45, 7) is 5.64. The minimum atomic E-state index is -0.0320. The van der Waals surface area contributed by atoms with Gasteiger partial charge in [-0.3, -0.25) is 9.69 Å². The third kappa shape index (κ3) is 4.23. The standard InChI is InChI=1S/C26H29N3O2/c1-19-15-21-9-5-6-10-24(21)29(19)18-25-23(12-14-31-25)26(30)27-22-11-13-28(17-22)16-20-7-3-2-4-8-20/h2-10,12,14,19,22H,11,13,15-18H2,1H3,(H,27,30). The molecule has 2 atom stereocenters. The van der Waals surface area contributed by atoms with E-state index in [-0.39, 0.29) is 11.9 Å². The maximum atomic E-state index is 13.0. The summed E-state index contributed by atoms with van der Waals surface area (Å²) in [6, 6.07) is 21.4. The molecule has 31 heavy (non-hydrogen) atoms. The second-order valence-electron chi connectivity index (χ2n) is 8.75. The molecule has 2 aliphatic rings. The van der Waals surface area contributed by atoms with E-state index in [9.17, 15) is 4.79 Å². The van der Waals surface area contributed by atoms with Gasteiger partial charge in [0, 0.05) is 37.4 Å². The van der Waals surface area contributed by atoms with Crippen LogP contribution < -0.4 is 10.2 Å². The first kappa shape index (κ1) is 19.9. The van der Waals surface area contributed by atoms with Crippen LogP contribution in [0.1, 0.15) is 40.6 Å². The highest BCUT2D eigenvalue weighted by atomic mass is 16.3. The van der Waals surface area contributed by atoms with Crippen molar-refractivity contribution in [3.05, 3.63) is 89.4 Å². The zero-order valence-corrected chi connectivity index (χ0v) is 18.0. The number of carbonyl (C=O) groups is 1. The predicted molar refractivity (Wildman–Crippen MR) is 122 cm³/mol. The minimum absolute atomic E-state index is 0.0320. The minimum Gasteiger partial charge on any atom is -0.467 e. The van der Waals surface area contributed by atoms with E-state index in [0.717, 1.165) is 38.2 Å². The quantitative estimate of drug-likeness (QED) is 0.654. The molecule has 0 spiro atoms. The smallest absolute Gasteiger partial charge is 0.255 e. The molecule has 0 bridgehead atoms. The molecule has 3 aromatic rings. The van der Waals surface area contributed by atoms with Gasteiger partial charge in [0.2, 0.25) is 0 Å². The van der Waals surface area contributed by atoms with Crippen molar-refractivity contribution in [2.45, 2.75) is 44.9 Å². The van der Waals surface area contributed by atoms with Crippen LogP contribution in [0.15, 0.2) is 71.3 Å². The van der Waals surface area contributed by atoms with Gasteiger partial charge in [0.05, 0.1) is 18.4 Å². The normalized spacial score (nSPS) is 20.7. The third-order valence-corrected chi connectivity index (χ3v) is 6.51. The molecule has 0 radical (unpaired) electrons. The second-order valence-corrected chi connectivity index (χ2v) is 8.75. The Morgan fingerprint density at radius 3 is 2.74 bits per heavy atom. The molecule has 3 heterocycles. The first-order valence-electron chi connectivity index (χ1n) is 11.2. The van der Waals surface area contributed by atoms with Crippen LogP contribution in [0.4, 0.5) is 5.69 Å². The number of furan rings is 1. The summed E-state index contributed by atoms with van der Waals surface area (Å²) in [4.78, 5) is 17.8. The Balaban J connectivity index is 1.21. The number of likely N-dealkylation sites (tertiary alicyclic amines) is 1. The maximum Gasteiger partial charge on any atom is 0.255 e. The fraction of sp³-hybridized carbons (Fsp3) is 0.346. The van der Waals surface area contributed by atoms with Gasteiger partial charge in [-0.2, -0.15) is 0 Å². The molecular weight excluding hydrogens is 386 g/mol. The molecule has 1 N–H and O–H groups in total. The van der Waals surface area contributed by atoms with E-state index >= 15 is 0 Å². The summed E-state index contributed by atoms with van der Waals surface area (Å²) < 4.78 is 5.76. The summed E-state index contributed by atoms with van der Waals surface area (Å²) in [5.74, 6) is 0.704. The molecule has 2 aromatic carbocycles. The van der Waals surface area contributed by atoms with Crippen molar-refractivity contribution in [2.75, 3.05) is 18.0 Å². The summed E-state index contributed by atoms with van der Waals surface area (Å²) in [5.41, 5.74) is 4.56. The number of rotatable bonds is 6. The van der Waals surface area contributed by atoms with Gasteiger partial charge in [-0.25, -0.2) is 0 Å². The molecule has 2 unspecified atom stereocenters. The highest BCUT2D eigenvalue weighted by Crippen LogP contribution is 2.33. The molecule has 1 amide bonds. The Morgan fingerprint density at radius 2 is 1.87 bits per heavy atom. The molecule has 0 aliphatic carbocycles. The average Bonchev–Trinajstić information content (AvgIpc) is 3.49. The van der Waals surface area contributed by atoms with Gasteiger partial charge in [-0.05, 0) is 43.0 Å². The molecule has 1 saturated heterocycles. The number of para-hydroxylation sites is 1. The number of nitrogens with one attached hydrogen (secondary N) is 1. The van der Waals surface area contributed by atoms with Crippen LogP contribution in [0.3, 0.4) is 0 Å². The Bertz CT molecular complexity index is 1050. The first-order valence-corrected chi connectivity index (χ1v) is 11.2. The van der Waals surface area contributed by atoms with Crippen molar-refractivity contribution < 1.29 is 9.21 Å². The number of nitrogens with zero attached hydrogens (tertiary/aromatic N) is 2. The van der Waals surface area contributed by atoms with Gasteiger partial charge >= 0.3 is 0 Å². The predicted octanol–water partition coefficient (Wildman–Crippen LogP) is 4.24. The zero-order valence-electron chi connectivity index (χ0n) is 18.0. The number of amides is 1. The number of benzene rings is 2. The van der Waals surface area contributed by atoms with E-state index in [1.807, 2.05) is 6.07 Å². The van der Waals surface area contributed by atoms with Gasteiger partial charge in [-0.1, -0.05) is 48.5 Å². The van der Waals surface area contributed by atoms with Gasteiger partial charge in [0.1, 0.15) is 5.76 Å². The molecule has 1 fully saturated rings. The topological polar surface area (TPSA) is 48.7 Å². The highest BCUT2D eigenvalue weighted by molar-refractivity contribution is 5.95. The molecule has 2 aliphatic heterocycles. The van der Waals surface area contributed by atoms with E-state index in [1.165, 1.54) is 16.8 Å². The average molecular weight is 416 g/mol. The molecule has 5 heteroatoms. The largest absolute Gasteiger partial charge is 0.467 e. The molecule has 160 valence electrons. The molecule has 5 rings (SSSR count). The van der Waals surface area contributed by atoms with Gasteiger partial charge in [0.25, 0.3) is 5.91 Å². The zero-order chi connectivity index (χ0) is 21.2. The Hall–Kier alpha value is -3.05. The number of anilines is 1. The van der Waals surface area contributed by atoms with Crippen molar-refractivity contribution in [3.8, 4) is 0 Å². The Kier molecular flexibility index (Phi) is 5.51. The van der Waals surface area contributed by atoms with Crippen LogP contribution in [0, 0.1) is 0 Å². The van der Waals surface area contributed by atoms with Crippen molar-refractivity contribution in [3.63, 3.8) is 0 Å². The Labute approximate surface area is 183 Å². The molecular formula is C26H29N3O2. The maximum absolute atomic E-state index is 13.0. The lowest BCUT2D eigenvalue weighted by Gasteiger charge is -2.24. The van der Waals surface area contributed by atoms with Crippen LogP contribution in [-0.4, -0.2) is 36.0 Å². The number of carbonyl (C=O) groups excluding carboxylic acids is 1. The van der Waals surface area contributed by atoms with Crippen molar-refractivity contribution in [1.82, 2.24) is 10.2 Å². The van der Waals surface area contributed by atoms with Crippen LogP contribution in [0.5, 0.6) is 0 Å². The van der Waals surface area contributed by atoms with Crippen LogP contribution >= 0.6 is 0 Å². The van der Waals surface area contributed by atoms with Crippen molar-refractivity contribution in [2.24, 2.45) is 0 Å². The van der Waals surface area contributed by atoms with Gasteiger partial charge < -0.3 is 14.6 Å². The lowest BCUT2D eigenvalue weighted by atomic mass is 10.1. The summed E-state index contributed by atoms with van der Waals surface area (Å²) in [5, 5.41) is 3.23. The molecule has 5 nitrogen and oxygen atoms in total. The summed E-state index contributed by atoms with van der Waals surface area (Å²) in [6.07, 6.45) is 3.63. The van der Waals surface area contributed by atoms with Crippen LogP contribution in [-0.2, 0) is 19.5 Å². The molecule has 0 saturated carbocycles.